The highest BCUT2D eigenvalue weighted by Gasteiger charge is 2.50. The molecule has 2 fully saturated rings. The maximum atomic E-state index is 12.6. The molecule has 1 aromatic heterocycles. The number of nitrogens with zero attached hydrogens (tertiary/aromatic N) is 3. The highest BCUT2D eigenvalue weighted by molar-refractivity contribution is 5.91. The first-order valence-corrected chi connectivity index (χ1v) is 8.27. The normalized spacial score (nSPS) is 24.8. The minimum Gasteiger partial charge on any atom is -0.360 e. The van der Waals surface area contributed by atoms with Crippen LogP contribution in [0.2, 0.25) is 0 Å². The van der Waals surface area contributed by atoms with Crippen LogP contribution in [-0.2, 0) is 9.59 Å². The number of aromatic nitrogens is 1. The number of carbonyl (C=O) groups is 2. The van der Waals surface area contributed by atoms with Crippen LogP contribution < -0.4 is 5.32 Å². The lowest BCUT2D eigenvalue weighted by Crippen LogP contribution is -2.38. The quantitative estimate of drug-likeness (QED) is 0.883. The molecule has 0 radical (unpaired) electrons. The van der Waals surface area contributed by atoms with Crippen LogP contribution in [-0.4, -0.2) is 59.5 Å². The highest BCUT2D eigenvalue weighted by Crippen LogP contribution is 2.40. The van der Waals surface area contributed by atoms with Crippen molar-refractivity contribution >= 4 is 17.6 Å². The zero-order valence-corrected chi connectivity index (χ0v) is 13.8. The molecule has 0 bridgehead atoms. The van der Waals surface area contributed by atoms with Gasteiger partial charge >= 0.3 is 0 Å². The molecule has 126 valence electrons. The molecule has 1 aromatic rings. The second-order valence-corrected chi connectivity index (χ2v) is 6.65. The number of anilines is 1. The Morgan fingerprint density at radius 1 is 1.43 bits per heavy atom. The van der Waals surface area contributed by atoms with Crippen molar-refractivity contribution in [2.24, 2.45) is 5.41 Å². The van der Waals surface area contributed by atoms with Crippen molar-refractivity contribution in [2.75, 3.05) is 38.0 Å². The van der Waals surface area contributed by atoms with E-state index in [1.54, 1.807) is 13.0 Å². The highest BCUT2D eigenvalue weighted by atomic mass is 16.5. The van der Waals surface area contributed by atoms with Gasteiger partial charge in [-0.3, -0.25) is 14.5 Å². The van der Waals surface area contributed by atoms with Crippen LogP contribution in [0.5, 0.6) is 0 Å². The average molecular weight is 320 g/mol. The monoisotopic (exact) mass is 320 g/mol. The Bertz CT molecular complexity index is 600. The number of rotatable bonds is 5. The van der Waals surface area contributed by atoms with Gasteiger partial charge in [-0.05, 0) is 32.7 Å². The molecular weight excluding hydrogens is 296 g/mol. The second-order valence-electron chi connectivity index (χ2n) is 6.65. The number of hydrogen-bond acceptors (Lipinski definition) is 5. The summed E-state index contributed by atoms with van der Waals surface area (Å²) in [5.74, 6) is 1.25. The zero-order valence-electron chi connectivity index (χ0n) is 13.8. The SMILES string of the molecule is CCCN1CCC2(CCN(CC(=O)Nc3cc(C)on3)C2)C1=O. The summed E-state index contributed by atoms with van der Waals surface area (Å²) >= 11 is 0. The van der Waals surface area contributed by atoms with E-state index in [9.17, 15) is 9.59 Å². The van der Waals surface area contributed by atoms with Gasteiger partial charge in [-0.25, -0.2) is 0 Å². The smallest absolute Gasteiger partial charge is 0.239 e. The van der Waals surface area contributed by atoms with Crippen LogP contribution in [0.15, 0.2) is 10.6 Å². The van der Waals surface area contributed by atoms with E-state index < -0.39 is 0 Å². The maximum absolute atomic E-state index is 12.6. The van der Waals surface area contributed by atoms with Crippen molar-refractivity contribution in [1.29, 1.82) is 0 Å². The number of aryl methyl sites for hydroxylation is 1. The summed E-state index contributed by atoms with van der Waals surface area (Å²) in [5, 5.41) is 6.49. The van der Waals surface area contributed by atoms with Crippen molar-refractivity contribution in [3.8, 4) is 0 Å². The summed E-state index contributed by atoms with van der Waals surface area (Å²) in [6.07, 6.45) is 2.75. The van der Waals surface area contributed by atoms with E-state index in [1.807, 2.05) is 4.90 Å². The van der Waals surface area contributed by atoms with Gasteiger partial charge in [-0.1, -0.05) is 12.1 Å². The summed E-state index contributed by atoms with van der Waals surface area (Å²) < 4.78 is 4.93. The summed E-state index contributed by atoms with van der Waals surface area (Å²) in [4.78, 5) is 28.8. The fourth-order valence-corrected chi connectivity index (χ4v) is 3.66. The zero-order chi connectivity index (χ0) is 16.4. The van der Waals surface area contributed by atoms with Crippen molar-refractivity contribution in [3.05, 3.63) is 11.8 Å². The van der Waals surface area contributed by atoms with E-state index in [-0.39, 0.29) is 23.8 Å². The molecule has 1 unspecified atom stereocenters. The number of likely N-dealkylation sites (tertiary alicyclic amines) is 2. The lowest BCUT2D eigenvalue weighted by Gasteiger charge is -2.23. The lowest BCUT2D eigenvalue weighted by molar-refractivity contribution is -0.135. The van der Waals surface area contributed by atoms with Crippen LogP contribution in [0.4, 0.5) is 5.82 Å². The van der Waals surface area contributed by atoms with Gasteiger partial charge in [0.05, 0.1) is 12.0 Å². The number of carbonyl (C=O) groups excluding carboxylic acids is 2. The van der Waals surface area contributed by atoms with E-state index >= 15 is 0 Å². The molecule has 0 aromatic carbocycles. The van der Waals surface area contributed by atoms with E-state index in [1.165, 1.54) is 0 Å². The minimum absolute atomic E-state index is 0.119. The molecule has 3 heterocycles. The Kier molecular flexibility index (Phi) is 4.39. The van der Waals surface area contributed by atoms with Crippen molar-refractivity contribution in [2.45, 2.75) is 33.1 Å². The molecule has 23 heavy (non-hydrogen) atoms. The molecule has 3 rings (SSSR count). The molecule has 1 atom stereocenters. The standard InChI is InChI=1S/C16H24N4O3/c1-3-6-20-8-5-16(15(20)22)4-7-19(11-16)10-14(21)17-13-9-12(2)23-18-13/h9H,3-8,10-11H2,1-2H3,(H,17,18,21). The summed E-state index contributed by atoms with van der Waals surface area (Å²) in [7, 11) is 0. The molecule has 1 spiro atoms. The van der Waals surface area contributed by atoms with E-state index in [2.05, 4.69) is 22.3 Å². The molecule has 7 heteroatoms. The molecule has 2 aliphatic rings. The number of amides is 2. The van der Waals surface area contributed by atoms with E-state index in [0.29, 0.717) is 18.1 Å². The second kappa shape index (κ2) is 6.31. The molecule has 2 saturated heterocycles. The Morgan fingerprint density at radius 2 is 2.22 bits per heavy atom. The molecule has 2 amide bonds. The van der Waals surface area contributed by atoms with Gasteiger partial charge in [-0.2, -0.15) is 0 Å². The summed E-state index contributed by atoms with van der Waals surface area (Å²) in [6, 6.07) is 1.69. The van der Waals surface area contributed by atoms with Crippen molar-refractivity contribution in [1.82, 2.24) is 15.0 Å². The van der Waals surface area contributed by atoms with Crippen LogP contribution in [0.3, 0.4) is 0 Å². The predicted molar refractivity (Wildman–Crippen MR) is 84.8 cm³/mol. The van der Waals surface area contributed by atoms with Gasteiger partial charge in [0.15, 0.2) is 5.82 Å². The molecule has 2 aliphatic heterocycles. The third kappa shape index (κ3) is 3.24. The first kappa shape index (κ1) is 16.0. The Hall–Kier alpha value is -1.89. The summed E-state index contributed by atoms with van der Waals surface area (Å²) in [6.45, 7) is 7.32. The van der Waals surface area contributed by atoms with Crippen molar-refractivity contribution < 1.29 is 14.1 Å². The van der Waals surface area contributed by atoms with Gasteiger partial charge in [0.1, 0.15) is 5.76 Å². The first-order chi connectivity index (χ1) is 11.0. The molecule has 0 aliphatic carbocycles. The maximum Gasteiger partial charge on any atom is 0.239 e. The van der Waals surface area contributed by atoms with Gasteiger partial charge in [0.2, 0.25) is 11.8 Å². The number of nitrogens with one attached hydrogen (secondary N) is 1. The molecule has 7 nitrogen and oxygen atoms in total. The molecular formula is C16H24N4O3. The fourth-order valence-electron chi connectivity index (χ4n) is 3.66. The number of hydrogen-bond donors (Lipinski definition) is 1. The van der Waals surface area contributed by atoms with Gasteiger partial charge in [0.25, 0.3) is 0 Å². The Morgan fingerprint density at radius 3 is 2.91 bits per heavy atom. The van der Waals surface area contributed by atoms with Gasteiger partial charge in [-0.15, -0.1) is 0 Å². The van der Waals surface area contributed by atoms with Crippen LogP contribution >= 0.6 is 0 Å². The van der Waals surface area contributed by atoms with Crippen LogP contribution in [0, 0.1) is 12.3 Å². The summed E-state index contributed by atoms with van der Waals surface area (Å²) in [5.41, 5.74) is -0.264. The third-order valence-electron chi connectivity index (χ3n) is 4.79. The Balaban J connectivity index is 1.54. The van der Waals surface area contributed by atoms with Gasteiger partial charge < -0.3 is 14.7 Å². The third-order valence-corrected chi connectivity index (χ3v) is 4.79. The minimum atomic E-state index is -0.264. The van der Waals surface area contributed by atoms with Gasteiger partial charge in [0, 0.05) is 25.7 Å². The van der Waals surface area contributed by atoms with Crippen LogP contribution in [0.25, 0.3) is 0 Å². The fraction of sp³-hybridized carbons (Fsp3) is 0.688. The lowest BCUT2D eigenvalue weighted by atomic mass is 9.85. The van der Waals surface area contributed by atoms with Crippen molar-refractivity contribution in [3.63, 3.8) is 0 Å². The first-order valence-electron chi connectivity index (χ1n) is 8.27. The molecule has 0 saturated carbocycles. The average Bonchev–Trinajstić information content (AvgIpc) is 3.17. The molecule has 1 N–H and O–H groups in total. The van der Waals surface area contributed by atoms with E-state index in [0.717, 1.165) is 38.9 Å². The topological polar surface area (TPSA) is 78.7 Å². The van der Waals surface area contributed by atoms with E-state index in [4.69, 9.17) is 4.52 Å². The predicted octanol–water partition coefficient (Wildman–Crippen LogP) is 1.26. The largest absolute Gasteiger partial charge is 0.360 e. The Labute approximate surface area is 136 Å². The van der Waals surface area contributed by atoms with Crippen LogP contribution in [0.1, 0.15) is 31.9 Å².